The van der Waals surface area contributed by atoms with E-state index in [1.165, 1.54) is 10.5 Å². The van der Waals surface area contributed by atoms with Gasteiger partial charge in [-0.05, 0) is 25.8 Å². The fourth-order valence-electron chi connectivity index (χ4n) is 2.88. The van der Waals surface area contributed by atoms with Gasteiger partial charge in [0.15, 0.2) is 11.5 Å². The van der Waals surface area contributed by atoms with Crippen LogP contribution in [0.15, 0.2) is 17.2 Å². The van der Waals surface area contributed by atoms with Gasteiger partial charge in [0.1, 0.15) is 0 Å². The Labute approximate surface area is 157 Å². The molecule has 1 N–H and O–H groups in total. The molecule has 1 aromatic rings. The van der Waals surface area contributed by atoms with Crippen molar-refractivity contribution in [2.24, 2.45) is 11.0 Å². The lowest BCUT2D eigenvalue weighted by molar-refractivity contribution is -0.126. The quantitative estimate of drug-likeness (QED) is 0.596. The van der Waals surface area contributed by atoms with E-state index in [-0.39, 0.29) is 25.0 Å². The van der Waals surface area contributed by atoms with Gasteiger partial charge in [0.25, 0.3) is 0 Å². The van der Waals surface area contributed by atoms with Crippen LogP contribution in [0.2, 0.25) is 5.02 Å². The molecule has 1 atom stereocenters. The van der Waals surface area contributed by atoms with Crippen molar-refractivity contribution in [1.29, 1.82) is 0 Å². The third-order valence-corrected chi connectivity index (χ3v) is 6.56. The van der Waals surface area contributed by atoms with E-state index in [0.29, 0.717) is 41.5 Å². The second-order valence-corrected chi connectivity index (χ2v) is 8.72. The molecule has 2 heterocycles. The number of ether oxygens (including phenoxy) is 2. The number of hydrazone groups is 1. The van der Waals surface area contributed by atoms with E-state index >= 15 is 0 Å². The van der Waals surface area contributed by atoms with E-state index in [1.807, 2.05) is 0 Å². The third-order valence-electron chi connectivity index (χ3n) is 4.38. The van der Waals surface area contributed by atoms with Crippen LogP contribution in [0.25, 0.3) is 0 Å². The highest BCUT2D eigenvalue weighted by molar-refractivity contribution is 7.89. The molecule has 0 radical (unpaired) electrons. The molecule has 1 amide bonds. The molecule has 0 bridgehead atoms. The van der Waals surface area contributed by atoms with Gasteiger partial charge in [-0.3, -0.25) is 4.79 Å². The van der Waals surface area contributed by atoms with Crippen molar-refractivity contribution in [2.75, 3.05) is 25.6 Å². The number of hydrogen-bond acceptors (Lipinski definition) is 6. The number of sulfonamides is 1. The first kappa shape index (κ1) is 18.9. The lowest BCUT2D eigenvalue weighted by atomic mass is 9.99. The Hall–Kier alpha value is -1.84. The largest absolute Gasteiger partial charge is 0.454 e. The number of nitrogens with zero attached hydrogens (tertiary/aromatic N) is 2. The van der Waals surface area contributed by atoms with E-state index in [2.05, 4.69) is 10.5 Å². The van der Waals surface area contributed by atoms with Gasteiger partial charge in [-0.2, -0.15) is 5.10 Å². The molecule has 2 aliphatic heterocycles. The maximum Gasteiger partial charge on any atom is 0.244 e. The molecule has 142 valence electrons. The number of benzene rings is 1. The van der Waals surface area contributed by atoms with Crippen LogP contribution in [0.4, 0.5) is 0 Å². The summed E-state index contributed by atoms with van der Waals surface area (Å²) in [5, 5.41) is 4.36. The van der Waals surface area contributed by atoms with Crippen LogP contribution >= 0.6 is 11.6 Å². The minimum Gasteiger partial charge on any atom is -0.454 e. The number of hydrogen-bond donors (Lipinski definition) is 1. The molecule has 0 unspecified atom stereocenters. The van der Waals surface area contributed by atoms with Gasteiger partial charge < -0.3 is 9.47 Å². The van der Waals surface area contributed by atoms with Gasteiger partial charge in [-0.25, -0.2) is 18.1 Å². The lowest BCUT2D eigenvalue weighted by Crippen LogP contribution is -2.45. The van der Waals surface area contributed by atoms with Crippen LogP contribution in [-0.2, 0) is 14.8 Å². The second kappa shape index (κ2) is 7.81. The summed E-state index contributed by atoms with van der Waals surface area (Å²) in [5.41, 5.74) is 3.04. The lowest BCUT2D eigenvalue weighted by Gasteiger charge is -2.30. The minimum absolute atomic E-state index is 0.0299. The summed E-state index contributed by atoms with van der Waals surface area (Å²) in [6.45, 7) is 2.37. The predicted octanol–water partition coefficient (Wildman–Crippen LogP) is 1.58. The summed E-state index contributed by atoms with van der Waals surface area (Å²) in [6, 6.07) is 3.30. The van der Waals surface area contributed by atoms with Gasteiger partial charge in [-0.1, -0.05) is 11.6 Å². The number of nitrogens with one attached hydrogen (secondary N) is 1. The van der Waals surface area contributed by atoms with Crippen LogP contribution in [-0.4, -0.2) is 50.5 Å². The molecule has 0 aromatic heterocycles. The van der Waals surface area contributed by atoms with Crippen LogP contribution in [0.5, 0.6) is 11.5 Å². The summed E-state index contributed by atoms with van der Waals surface area (Å²) < 4.78 is 35.8. The molecular formula is C16H20ClN3O5S. The van der Waals surface area contributed by atoms with E-state index in [0.717, 1.165) is 0 Å². The molecule has 1 aromatic carbocycles. The summed E-state index contributed by atoms with van der Waals surface area (Å²) >= 11 is 6.14. The SMILES string of the molecule is CCS(=O)(=O)N1CCC[C@@H](C(=O)N/N=C\c2cc3c(cc2Cl)OCO3)C1. The van der Waals surface area contributed by atoms with Crippen LogP contribution in [0, 0.1) is 5.92 Å². The molecule has 1 fully saturated rings. The molecule has 3 rings (SSSR count). The highest BCUT2D eigenvalue weighted by Crippen LogP contribution is 2.36. The van der Waals surface area contributed by atoms with Crippen molar-refractivity contribution in [2.45, 2.75) is 19.8 Å². The van der Waals surface area contributed by atoms with Crippen LogP contribution < -0.4 is 14.9 Å². The third kappa shape index (κ3) is 4.11. The summed E-state index contributed by atoms with van der Waals surface area (Å²) in [7, 11) is -3.29. The monoisotopic (exact) mass is 401 g/mol. The summed E-state index contributed by atoms with van der Waals surface area (Å²) in [6.07, 6.45) is 2.70. The maximum atomic E-state index is 12.3. The van der Waals surface area contributed by atoms with Gasteiger partial charge in [0.2, 0.25) is 22.7 Å². The Morgan fingerprint density at radius 1 is 1.42 bits per heavy atom. The average molecular weight is 402 g/mol. The standard InChI is InChI=1S/C16H20ClN3O5S/c1-2-26(22,23)20-5-3-4-11(9-20)16(21)19-18-8-12-6-14-15(7-13(12)17)25-10-24-14/h6-8,11H,2-5,9-10H2,1H3,(H,19,21)/b18-8-/t11-/m1/s1. The first-order valence-corrected chi connectivity index (χ1v) is 10.3. The second-order valence-electron chi connectivity index (χ2n) is 6.06. The maximum absolute atomic E-state index is 12.3. The Bertz CT molecular complexity index is 827. The number of piperidine rings is 1. The topological polar surface area (TPSA) is 97.3 Å². The highest BCUT2D eigenvalue weighted by atomic mass is 35.5. The Balaban J connectivity index is 1.61. The molecule has 0 spiro atoms. The fourth-order valence-corrected chi connectivity index (χ4v) is 4.26. The number of halogens is 1. The van der Waals surface area contributed by atoms with Crippen LogP contribution in [0.1, 0.15) is 25.3 Å². The van der Waals surface area contributed by atoms with Crippen molar-refractivity contribution < 1.29 is 22.7 Å². The number of fused-ring (bicyclic) bond motifs is 1. The van der Waals surface area contributed by atoms with Crippen LogP contribution in [0.3, 0.4) is 0 Å². The molecule has 0 aliphatic carbocycles. The molecule has 2 aliphatic rings. The van der Waals surface area contributed by atoms with Gasteiger partial charge in [0.05, 0.1) is 22.9 Å². The molecule has 26 heavy (non-hydrogen) atoms. The van der Waals surface area contributed by atoms with Gasteiger partial charge in [0, 0.05) is 24.7 Å². The predicted molar refractivity (Wildman–Crippen MR) is 97.1 cm³/mol. The number of rotatable bonds is 5. The van der Waals surface area contributed by atoms with E-state index < -0.39 is 15.9 Å². The zero-order valence-electron chi connectivity index (χ0n) is 14.3. The smallest absolute Gasteiger partial charge is 0.244 e. The zero-order chi connectivity index (χ0) is 18.7. The molecule has 0 saturated carbocycles. The molecule has 8 nitrogen and oxygen atoms in total. The fraction of sp³-hybridized carbons (Fsp3) is 0.500. The summed E-state index contributed by atoms with van der Waals surface area (Å²) in [5.74, 6) is 0.427. The summed E-state index contributed by atoms with van der Waals surface area (Å²) in [4.78, 5) is 12.3. The minimum atomic E-state index is -3.29. The normalized spacial score (nSPS) is 20.5. The molecule has 1 saturated heterocycles. The van der Waals surface area contributed by atoms with Crippen molar-refractivity contribution in [3.05, 3.63) is 22.7 Å². The average Bonchev–Trinajstić information content (AvgIpc) is 3.09. The number of amides is 1. The molecular weight excluding hydrogens is 382 g/mol. The Morgan fingerprint density at radius 2 is 2.15 bits per heavy atom. The number of carbonyl (C=O) groups is 1. The zero-order valence-corrected chi connectivity index (χ0v) is 15.8. The van der Waals surface area contributed by atoms with E-state index in [9.17, 15) is 13.2 Å². The Kier molecular flexibility index (Phi) is 5.69. The van der Waals surface area contributed by atoms with Gasteiger partial charge >= 0.3 is 0 Å². The van der Waals surface area contributed by atoms with Gasteiger partial charge in [-0.15, -0.1) is 0 Å². The van der Waals surface area contributed by atoms with E-state index in [4.69, 9.17) is 21.1 Å². The van der Waals surface area contributed by atoms with Crippen molar-refractivity contribution >= 4 is 33.7 Å². The first-order valence-electron chi connectivity index (χ1n) is 8.30. The number of carbonyl (C=O) groups excluding carboxylic acids is 1. The van der Waals surface area contributed by atoms with Crippen molar-refractivity contribution in [3.63, 3.8) is 0 Å². The Morgan fingerprint density at radius 3 is 2.88 bits per heavy atom. The van der Waals surface area contributed by atoms with Crippen molar-refractivity contribution in [3.8, 4) is 11.5 Å². The first-order chi connectivity index (χ1) is 12.4. The van der Waals surface area contributed by atoms with Crippen molar-refractivity contribution in [1.82, 2.24) is 9.73 Å². The molecule has 10 heteroatoms. The van der Waals surface area contributed by atoms with E-state index in [1.54, 1.807) is 19.1 Å². The highest BCUT2D eigenvalue weighted by Gasteiger charge is 2.31.